The van der Waals surface area contributed by atoms with Gasteiger partial charge in [0.05, 0.1) is 5.69 Å². The normalized spacial score (nSPS) is 14.4. The molecule has 86 valence electrons. The Morgan fingerprint density at radius 3 is 3.12 bits per heavy atom. The Morgan fingerprint density at radius 2 is 2.24 bits per heavy atom. The van der Waals surface area contributed by atoms with Crippen molar-refractivity contribution in [1.82, 2.24) is 15.3 Å². The Labute approximate surface area is 105 Å². The summed E-state index contributed by atoms with van der Waals surface area (Å²) in [4.78, 5) is 9.00. The molecule has 0 atom stereocenters. The first kappa shape index (κ1) is 10.7. The average Bonchev–Trinajstić information content (AvgIpc) is 2.38. The first-order valence-electron chi connectivity index (χ1n) is 5.64. The van der Waals surface area contributed by atoms with Crippen LogP contribution < -0.4 is 5.32 Å². The molecule has 0 unspecified atom stereocenters. The quantitative estimate of drug-likeness (QED) is 0.839. The van der Waals surface area contributed by atoms with E-state index in [-0.39, 0.29) is 0 Å². The number of benzene rings is 1. The maximum atomic E-state index is 5.97. The van der Waals surface area contributed by atoms with Crippen molar-refractivity contribution in [1.29, 1.82) is 0 Å². The number of rotatable bonds is 1. The van der Waals surface area contributed by atoms with Crippen LogP contribution in [-0.4, -0.2) is 16.5 Å². The number of hydrogen-bond donors (Lipinski definition) is 1. The van der Waals surface area contributed by atoms with Gasteiger partial charge in [-0.1, -0.05) is 23.7 Å². The number of nitrogens with zero attached hydrogens (tertiary/aromatic N) is 2. The smallest absolute Gasteiger partial charge is 0.159 e. The molecule has 0 saturated carbocycles. The minimum atomic E-state index is 0.710. The highest BCUT2D eigenvalue weighted by atomic mass is 35.5. The average molecular weight is 246 g/mol. The molecule has 0 aliphatic carbocycles. The molecule has 2 heterocycles. The molecular formula is C13H12ClN3. The summed E-state index contributed by atoms with van der Waals surface area (Å²) in [5, 5.41) is 4.02. The van der Waals surface area contributed by atoms with Gasteiger partial charge < -0.3 is 5.32 Å². The van der Waals surface area contributed by atoms with Crippen LogP contribution in [0.3, 0.4) is 0 Å². The van der Waals surface area contributed by atoms with Crippen molar-refractivity contribution in [2.24, 2.45) is 0 Å². The Hall–Kier alpha value is -1.45. The van der Waals surface area contributed by atoms with Crippen molar-refractivity contribution < 1.29 is 0 Å². The van der Waals surface area contributed by atoms with Gasteiger partial charge in [0.25, 0.3) is 0 Å². The van der Waals surface area contributed by atoms with Gasteiger partial charge >= 0.3 is 0 Å². The van der Waals surface area contributed by atoms with Gasteiger partial charge in [0.2, 0.25) is 0 Å². The summed E-state index contributed by atoms with van der Waals surface area (Å²) in [5.41, 5.74) is 3.31. The third kappa shape index (κ3) is 2.16. The van der Waals surface area contributed by atoms with Crippen molar-refractivity contribution >= 4 is 11.6 Å². The van der Waals surface area contributed by atoms with E-state index >= 15 is 0 Å². The number of nitrogens with one attached hydrogen (secondary N) is 1. The largest absolute Gasteiger partial charge is 0.311 e. The highest BCUT2D eigenvalue weighted by molar-refractivity contribution is 6.30. The molecule has 0 fully saturated rings. The minimum Gasteiger partial charge on any atom is -0.311 e. The lowest BCUT2D eigenvalue weighted by Gasteiger charge is -2.16. The van der Waals surface area contributed by atoms with Crippen LogP contribution in [0.5, 0.6) is 0 Å². The molecule has 0 amide bonds. The molecule has 3 rings (SSSR count). The zero-order valence-electron chi connectivity index (χ0n) is 9.28. The van der Waals surface area contributed by atoms with Gasteiger partial charge in [0.1, 0.15) is 0 Å². The lowest BCUT2D eigenvalue weighted by Crippen LogP contribution is -2.25. The molecule has 3 nitrogen and oxygen atoms in total. The van der Waals surface area contributed by atoms with E-state index in [1.165, 1.54) is 5.56 Å². The lowest BCUT2D eigenvalue weighted by molar-refractivity contribution is 0.624. The third-order valence-corrected chi connectivity index (χ3v) is 3.14. The number of halogens is 1. The fourth-order valence-electron chi connectivity index (χ4n) is 2.00. The van der Waals surface area contributed by atoms with Crippen LogP contribution in [0.4, 0.5) is 0 Å². The Balaban J connectivity index is 2.04. The first-order chi connectivity index (χ1) is 8.33. The van der Waals surface area contributed by atoms with E-state index in [4.69, 9.17) is 11.6 Å². The maximum Gasteiger partial charge on any atom is 0.159 e. The van der Waals surface area contributed by atoms with E-state index in [1.807, 2.05) is 30.5 Å². The van der Waals surface area contributed by atoms with Crippen molar-refractivity contribution in [2.75, 3.05) is 6.54 Å². The predicted octanol–water partition coefficient (Wildman–Crippen LogP) is 2.44. The highest BCUT2D eigenvalue weighted by Gasteiger charge is 2.12. The van der Waals surface area contributed by atoms with Gasteiger partial charge in [-0.3, -0.25) is 0 Å². The van der Waals surface area contributed by atoms with E-state index in [9.17, 15) is 0 Å². The van der Waals surface area contributed by atoms with Crippen LogP contribution in [0.2, 0.25) is 5.02 Å². The molecule has 1 aliphatic heterocycles. The van der Waals surface area contributed by atoms with Gasteiger partial charge in [-0.05, 0) is 30.7 Å². The molecule has 17 heavy (non-hydrogen) atoms. The van der Waals surface area contributed by atoms with Gasteiger partial charge in [-0.2, -0.15) is 0 Å². The van der Waals surface area contributed by atoms with Gasteiger partial charge in [0, 0.05) is 23.3 Å². The number of hydrogen-bond acceptors (Lipinski definition) is 3. The van der Waals surface area contributed by atoms with E-state index in [1.54, 1.807) is 0 Å². The van der Waals surface area contributed by atoms with Crippen molar-refractivity contribution in [2.45, 2.75) is 13.0 Å². The summed E-state index contributed by atoms with van der Waals surface area (Å²) >= 11 is 5.97. The molecular weight excluding hydrogens is 234 g/mol. The van der Waals surface area contributed by atoms with Gasteiger partial charge in [0.15, 0.2) is 5.82 Å². The molecule has 0 radical (unpaired) electrons. The van der Waals surface area contributed by atoms with Gasteiger partial charge in [-0.25, -0.2) is 9.97 Å². The second-order valence-electron chi connectivity index (χ2n) is 4.10. The molecule has 1 aromatic carbocycles. The Kier molecular flexibility index (Phi) is 2.79. The van der Waals surface area contributed by atoms with Crippen molar-refractivity contribution in [3.63, 3.8) is 0 Å². The first-order valence-corrected chi connectivity index (χ1v) is 6.02. The lowest BCUT2D eigenvalue weighted by atomic mass is 10.1. The molecule has 1 aliphatic rings. The van der Waals surface area contributed by atoms with Crippen molar-refractivity contribution in [3.8, 4) is 11.4 Å². The summed E-state index contributed by atoms with van der Waals surface area (Å²) in [7, 11) is 0. The molecule has 1 aromatic heterocycles. The monoisotopic (exact) mass is 245 g/mol. The minimum absolute atomic E-state index is 0.710. The topological polar surface area (TPSA) is 37.8 Å². The van der Waals surface area contributed by atoms with Crippen LogP contribution in [-0.2, 0) is 13.0 Å². The van der Waals surface area contributed by atoms with Crippen molar-refractivity contribution in [3.05, 3.63) is 46.7 Å². The Bertz CT molecular complexity index is 554. The van der Waals surface area contributed by atoms with Crippen LogP contribution >= 0.6 is 11.6 Å². The van der Waals surface area contributed by atoms with E-state index in [0.717, 1.165) is 36.6 Å². The number of fused-ring (bicyclic) bond motifs is 1. The molecule has 0 bridgehead atoms. The SMILES string of the molecule is Clc1cccc(-c2ncc3c(n2)CNCC3)c1. The fourth-order valence-corrected chi connectivity index (χ4v) is 2.19. The zero-order valence-corrected chi connectivity index (χ0v) is 10.0. The fraction of sp³-hybridized carbons (Fsp3) is 0.231. The van der Waals surface area contributed by atoms with Crippen LogP contribution in [0.25, 0.3) is 11.4 Å². The summed E-state index contributed by atoms with van der Waals surface area (Å²) in [6, 6.07) is 7.63. The second-order valence-corrected chi connectivity index (χ2v) is 4.54. The number of aromatic nitrogens is 2. The summed E-state index contributed by atoms with van der Waals surface area (Å²) in [5.74, 6) is 0.745. The van der Waals surface area contributed by atoms with Crippen LogP contribution in [0.1, 0.15) is 11.3 Å². The van der Waals surface area contributed by atoms with E-state index in [2.05, 4.69) is 15.3 Å². The molecule has 1 N–H and O–H groups in total. The highest BCUT2D eigenvalue weighted by Crippen LogP contribution is 2.21. The predicted molar refractivity (Wildman–Crippen MR) is 67.9 cm³/mol. The van der Waals surface area contributed by atoms with Crippen LogP contribution in [0.15, 0.2) is 30.5 Å². The summed E-state index contributed by atoms with van der Waals surface area (Å²) in [6.45, 7) is 1.83. The molecule has 4 heteroatoms. The molecule has 2 aromatic rings. The Morgan fingerprint density at radius 1 is 1.29 bits per heavy atom. The third-order valence-electron chi connectivity index (χ3n) is 2.90. The van der Waals surface area contributed by atoms with Gasteiger partial charge in [-0.15, -0.1) is 0 Å². The zero-order chi connectivity index (χ0) is 11.7. The summed E-state index contributed by atoms with van der Waals surface area (Å²) in [6.07, 6.45) is 2.94. The van der Waals surface area contributed by atoms with E-state index < -0.39 is 0 Å². The summed E-state index contributed by atoms with van der Waals surface area (Å²) < 4.78 is 0. The second kappa shape index (κ2) is 4.43. The molecule has 0 saturated heterocycles. The van der Waals surface area contributed by atoms with Crippen LogP contribution in [0, 0.1) is 0 Å². The maximum absolute atomic E-state index is 5.97. The standard InChI is InChI=1S/C13H12ClN3/c14-11-3-1-2-9(6-11)13-16-7-10-4-5-15-8-12(10)17-13/h1-3,6-7,15H,4-5,8H2. The van der Waals surface area contributed by atoms with E-state index in [0.29, 0.717) is 5.02 Å². The molecule has 0 spiro atoms.